The Morgan fingerprint density at radius 2 is 2.33 bits per heavy atom. The number of nitrogens with zero attached hydrogens (tertiary/aromatic N) is 1. The maximum atomic E-state index is 5.64. The number of para-hydroxylation sites is 1. The molecule has 0 aliphatic carbocycles. The Labute approximate surface area is 89.5 Å². The Balaban J connectivity index is 1.90. The molecule has 0 spiro atoms. The molecule has 0 bridgehead atoms. The third-order valence-electron chi connectivity index (χ3n) is 3.01. The zero-order valence-electron chi connectivity index (χ0n) is 8.65. The predicted molar refractivity (Wildman–Crippen MR) is 59.7 cm³/mol. The minimum absolute atomic E-state index is 0.397. The van der Waals surface area contributed by atoms with Gasteiger partial charge in [-0.1, -0.05) is 18.2 Å². The van der Waals surface area contributed by atoms with E-state index in [2.05, 4.69) is 34.9 Å². The van der Waals surface area contributed by atoms with Crippen LogP contribution >= 0.6 is 0 Å². The van der Waals surface area contributed by atoms with E-state index in [0.29, 0.717) is 6.10 Å². The number of hydrogen-bond donors (Lipinski definition) is 0. The van der Waals surface area contributed by atoms with E-state index < -0.39 is 0 Å². The lowest BCUT2D eigenvalue weighted by atomic mass is 10.2. The number of ether oxygens (including phenoxy) is 1. The molecule has 0 saturated carbocycles. The smallest absolute Gasteiger partial charge is 0.0754 e. The second-order valence-corrected chi connectivity index (χ2v) is 4.08. The topological polar surface area (TPSA) is 14.2 Å². The average Bonchev–Trinajstić information content (AvgIpc) is 2.89. The Morgan fingerprint density at radius 1 is 1.40 bits per heavy atom. The number of fused-ring (bicyclic) bond motifs is 1. The lowest BCUT2D eigenvalue weighted by Gasteiger charge is -2.11. The highest BCUT2D eigenvalue weighted by molar-refractivity contribution is 5.79. The summed E-state index contributed by atoms with van der Waals surface area (Å²) in [5.41, 5.74) is 1.26. The number of rotatable bonds is 2. The van der Waals surface area contributed by atoms with E-state index in [1.807, 2.05) is 6.20 Å². The first-order chi connectivity index (χ1) is 7.43. The second-order valence-electron chi connectivity index (χ2n) is 4.08. The first-order valence-electron chi connectivity index (χ1n) is 5.50. The van der Waals surface area contributed by atoms with Crippen molar-refractivity contribution in [2.75, 3.05) is 6.61 Å². The molecular formula is C13H14NO. The van der Waals surface area contributed by atoms with E-state index in [1.165, 1.54) is 23.7 Å². The van der Waals surface area contributed by atoms with Crippen LogP contribution in [0.25, 0.3) is 10.9 Å². The van der Waals surface area contributed by atoms with Gasteiger partial charge in [0.1, 0.15) is 0 Å². The summed E-state index contributed by atoms with van der Waals surface area (Å²) >= 11 is 0. The molecule has 77 valence electrons. The molecular weight excluding hydrogens is 186 g/mol. The van der Waals surface area contributed by atoms with Crippen molar-refractivity contribution in [3.63, 3.8) is 0 Å². The van der Waals surface area contributed by atoms with Gasteiger partial charge in [-0.15, -0.1) is 0 Å². The average molecular weight is 200 g/mol. The van der Waals surface area contributed by atoms with E-state index in [-0.39, 0.29) is 0 Å². The second kappa shape index (κ2) is 3.70. The van der Waals surface area contributed by atoms with Gasteiger partial charge in [0, 0.05) is 36.3 Å². The van der Waals surface area contributed by atoms with Gasteiger partial charge in [-0.25, -0.2) is 0 Å². The summed E-state index contributed by atoms with van der Waals surface area (Å²) in [6.07, 6.45) is 4.82. The molecule has 1 aromatic heterocycles. The number of aromatic nitrogens is 1. The summed E-state index contributed by atoms with van der Waals surface area (Å²) in [6.45, 7) is 1.89. The van der Waals surface area contributed by atoms with Gasteiger partial charge < -0.3 is 9.30 Å². The van der Waals surface area contributed by atoms with Crippen LogP contribution in [-0.2, 0) is 11.3 Å². The summed E-state index contributed by atoms with van der Waals surface area (Å²) in [6, 6.07) is 11.6. The zero-order chi connectivity index (χ0) is 10.1. The molecule has 1 fully saturated rings. The van der Waals surface area contributed by atoms with Crippen molar-refractivity contribution >= 4 is 10.9 Å². The molecule has 3 rings (SSSR count). The minimum atomic E-state index is 0.397. The fourth-order valence-corrected chi connectivity index (χ4v) is 2.22. The molecule has 2 aromatic rings. The number of hydrogen-bond acceptors (Lipinski definition) is 1. The van der Waals surface area contributed by atoms with E-state index in [1.54, 1.807) is 0 Å². The summed E-state index contributed by atoms with van der Waals surface area (Å²) in [7, 11) is 0. The fraction of sp³-hybridized carbons (Fsp3) is 0.385. The van der Waals surface area contributed by atoms with Gasteiger partial charge in [-0.2, -0.15) is 0 Å². The van der Waals surface area contributed by atoms with Crippen LogP contribution in [0.5, 0.6) is 0 Å². The van der Waals surface area contributed by atoms with Gasteiger partial charge >= 0.3 is 0 Å². The third-order valence-corrected chi connectivity index (χ3v) is 3.01. The molecule has 2 heterocycles. The molecule has 15 heavy (non-hydrogen) atoms. The molecule has 0 unspecified atom stereocenters. The Morgan fingerprint density at radius 3 is 3.20 bits per heavy atom. The molecule has 2 heteroatoms. The standard InChI is InChI=1S/C13H14NO/c1-2-6-13-11(4-1)7-8-14(13)10-12-5-3-9-15-12/h1-2,4,6,8,12H,3,5,9-10H2/t12-/m0/s1. The molecule has 1 aliphatic heterocycles. The summed E-state index contributed by atoms with van der Waals surface area (Å²) in [5, 5.41) is 1.19. The van der Waals surface area contributed by atoms with Crippen molar-refractivity contribution in [2.45, 2.75) is 25.5 Å². The summed E-state index contributed by atoms with van der Waals surface area (Å²) in [4.78, 5) is 0. The first-order valence-corrected chi connectivity index (χ1v) is 5.50. The SMILES string of the molecule is [c]1cn(C[C@@H]2CCCO2)c2ccccc12. The van der Waals surface area contributed by atoms with Crippen LogP contribution < -0.4 is 0 Å². The lowest BCUT2D eigenvalue weighted by molar-refractivity contribution is 0.0980. The van der Waals surface area contributed by atoms with Crippen molar-refractivity contribution in [3.8, 4) is 0 Å². The molecule has 1 aliphatic rings. The maximum absolute atomic E-state index is 5.64. The van der Waals surface area contributed by atoms with Gasteiger partial charge in [0.25, 0.3) is 0 Å². The van der Waals surface area contributed by atoms with Gasteiger partial charge in [0.05, 0.1) is 6.10 Å². The quantitative estimate of drug-likeness (QED) is 0.727. The van der Waals surface area contributed by atoms with Crippen LogP contribution in [0, 0.1) is 6.07 Å². The normalized spacial score (nSPS) is 21.2. The largest absolute Gasteiger partial charge is 0.376 e. The Kier molecular flexibility index (Phi) is 2.22. The summed E-state index contributed by atoms with van der Waals surface area (Å²) < 4.78 is 7.88. The Hall–Kier alpha value is -1.28. The lowest BCUT2D eigenvalue weighted by Crippen LogP contribution is -2.13. The van der Waals surface area contributed by atoms with Crippen LogP contribution in [0.4, 0.5) is 0 Å². The van der Waals surface area contributed by atoms with Crippen LogP contribution in [0.1, 0.15) is 12.8 Å². The van der Waals surface area contributed by atoms with E-state index in [0.717, 1.165) is 13.2 Å². The highest BCUT2D eigenvalue weighted by atomic mass is 16.5. The first kappa shape index (κ1) is 8.98. The van der Waals surface area contributed by atoms with Crippen LogP contribution in [0.15, 0.2) is 30.5 Å². The van der Waals surface area contributed by atoms with Gasteiger partial charge in [-0.05, 0) is 18.9 Å². The van der Waals surface area contributed by atoms with Crippen LogP contribution in [-0.4, -0.2) is 17.3 Å². The molecule has 1 atom stereocenters. The highest BCUT2D eigenvalue weighted by Gasteiger charge is 2.16. The van der Waals surface area contributed by atoms with Crippen molar-refractivity contribution in [2.24, 2.45) is 0 Å². The highest BCUT2D eigenvalue weighted by Crippen LogP contribution is 2.19. The molecule has 0 N–H and O–H groups in total. The fourth-order valence-electron chi connectivity index (χ4n) is 2.22. The van der Waals surface area contributed by atoms with Crippen LogP contribution in [0.2, 0.25) is 0 Å². The van der Waals surface area contributed by atoms with Crippen LogP contribution in [0.3, 0.4) is 0 Å². The predicted octanol–water partition coefficient (Wildman–Crippen LogP) is 2.62. The van der Waals surface area contributed by atoms with E-state index >= 15 is 0 Å². The van der Waals surface area contributed by atoms with Crippen molar-refractivity contribution in [1.29, 1.82) is 0 Å². The Bertz CT molecular complexity index is 454. The minimum Gasteiger partial charge on any atom is -0.376 e. The molecule has 1 radical (unpaired) electrons. The van der Waals surface area contributed by atoms with E-state index in [4.69, 9.17) is 4.74 Å². The molecule has 1 aromatic carbocycles. The van der Waals surface area contributed by atoms with Gasteiger partial charge in [0.2, 0.25) is 0 Å². The zero-order valence-corrected chi connectivity index (χ0v) is 8.65. The third kappa shape index (κ3) is 1.65. The van der Waals surface area contributed by atoms with Crippen molar-refractivity contribution in [1.82, 2.24) is 4.57 Å². The number of benzene rings is 1. The van der Waals surface area contributed by atoms with Crippen molar-refractivity contribution < 1.29 is 4.74 Å². The maximum Gasteiger partial charge on any atom is 0.0754 e. The summed E-state index contributed by atoms with van der Waals surface area (Å²) in [5.74, 6) is 0. The molecule has 0 amide bonds. The van der Waals surface area contributed by atoms with Crippen molar-refractivity contribution in [3.05, 3.63) is 36.5 Å². The monoisotopic (exact) mass is 200 g/mol. The van der Waals surface area contributed by atoms with Gasteiger partial charge in [-0.3, -0.25) is 0 Å². The molecule has 2 nitrogen and oxygen atoms in total. The van der Waals surface area contributed by atoms with E-state index in [9.17, 15) is 0 Å². The molecule has 1 saturated heterocycles. The van der Waals surface area contributed by atoms with Gasteiger partial charge in [0.15, 0.2) is 0 Å².